The highest BCUT2D eigenvalue weighted by Gasteiger charge is 2.20. The maximum absolute atomic E-state index is 12.1. The molecule has 1 aromatic rings. The molecule has 0 aliphatic carbocycles. The van der Waals surface area contributed by atoms with Crippen molar-refractivity contribution in [2.45, 2.75) is 20.3 Å². The zero-order valence-corrected chi connectivity index (χ0v) is 12.5. The molecule has 0 atom stereocenters. The lowest BCUT2D eigenvalue weighted by Gasteiger charge is -2.24. The van der Waals surface area contributed by atoms with Gasteiger partial charge in [-0.05, 0) is 30.0 Å². The van der Waals surface area contributed by atoms with Crippen molar-refractivity contribution in [3.8, 4) is 11.5 Å². The molecule has 0 aliphatic heterocycles. The maximum Gasteiger partial charge on any atom is 0.255 e. The Labute approximate surface area is 119 Å². The second-order valence-electron chi connectivity index (χ2n) is 5.47. The predicted octanol–water partition coefficient (Wildman–Crippen LogP) is 2.19. The zero-order chi connectivity index (χ0) is 15.2. The summed E-state index contributed by atoms with van der Waals surface area (Å²) in [7, 11) is 3.17. The predicted molar refractivity (Wildman–Crippen MR) is 77.3 cm³/mol. The Morgan fingerprint density at radius 2 is 2.05 bits per heavy atom. The number of aromatic hydroxyl groups is 1. The van der Waals surface area contributed by atoms with Gasteiger partial charge in [0.1, 0.15) is 11.5 Å². The fourth-order valence-electron chi connectivity index (χ4n) is 1.71. The Kier molecular flexibility index (Phi) is 5.82. The molecule has 0 fully saturated rings. The first-order chi connectivity index (χ1) is 9.39. The summed E-state index contributed by atoms with van der Waals surface area (Å²) in [5.74, 6) is 0.163. The summed E-state index contributed by atoms with van der Waals surface area (Å²) in [5.41, 5.74) is 0.145. The Morgan fingerprint density at radius 1 is 1.35 bits per heavy atom. The van der Waals surface area contributed by atoms with Crippen molar-refractivity contribution in [1.82, 2.24) is 5.32 Å². The quantitative estimate of drug-likeness (QED) is 0.804. The molecule has 1 amide bonds. The Hall–Kier alpha value is -1.75. The van der Waals surface area contributed by atoms with Crippen LogP contribution in [-0.2, 0) is 4.74 Å². The number of phenols is 1. The second kappa shape index (κ2) is 7.14. The average molecular weight is 281 g/mol. The molecular weight excluding hydrogens is 258 g/mol. The lowest BCUT2D eigenvalue weighted by atomic mass is 9.89. The standard InChI is InChI=1S/C15H23NO4/c1-15(2,7-8-19-3)10-16-14(18)12-9-11(20-4)5-6-13(12)17/h5-6,9,17H,7-8,10H2,1-4H3,(H,16,18). The Bertz CT molecular complexity index is 457. The Morgan fingerprint density at radius 3 is 2.65 bits per heavy atom. The normalized spacial score (nSPS) is 11.2. The van der Waals surface area contributed by atoms with Crippen LogP contribution in [0.1, 0.15) is 30.6 Å². The largest absolute Gasteiger partial charge is 0.507 e. The topological polar surface area (TPSA) is 67.8 Å². The number of hydrogen-bond acceptors (Lipinski definition) is 4. The molecule has 5 nitrogen and oxygen atoms in total. The monoisotopic (exact) mass is 281 g/mol. The lowest BCUT2D eigenvalue weighted by Crippen LogP contribution is -2.34. The SMILES string of the molecule is COCCC(C)(C)CNC(=O)c1cc(OC)ccc1O. The Balaban J connectivity index is 2.67. The van der Waals surface area contributed by atoms with Gasteiger partial charge in [-0.3, -0.25) is 4.79 Å². The summed E-state index contributed by atoms with van der Waals surface area (Å²) in [5, 5.41) is 12.6. The molecule has 0 saturated carbocycles. The molecular formula is C15H23NO4. The van der Waals surface area contributed by atoms with Gasteiger partial charge in [0.2, 0.25) is 0 Å². The first kappa shape index (κ1) is 16.3. The summed E-state index contributed by atoms with van der Waals surface area (Å²) in [6, 6.07) is 4.57. The van der Waals surface area contributed by atoms with E-state index in [0.717, 1.165) is 6.42 Å². The van der Waals surface area contributed by atoms with E-state index in [9.17, 15) is 9.90 Å². The van der Waals surface area contributed by atoms with Gasteiger partial charge in [0, 0.05) is 20.3 Å². The molecule has 5 heteroatoms. The van der Waals surface area contributed by atoms with E-state index in [2.05, 4.69) is 19.2 Å². The molecule has 1 aromatic carbocycles. The van der Waals surface area contributed by atoms with Gasteiger partial charge in [0.05, 0.1) is 12.7 Å². The van der Waals surface area contributed by atoms with Gasteiger partial charge in [-0.1, -0.05) is 13.8 Å². The van der Waals surface area contributed by atoms with E-state index in [-0.39, 0.29) is 22.6 Å². The number of carbonyl (C=O) groups excluding carboxylic acids is 1. The molecule has 0 aliphatic rings. The summed E-state index contributed by atoms with van der Waals surface area (Å²) in [6.07, 6.45) is 0.841. The summed E-state index contributed by atoms with van der Waals surface area (Å²) in [6.45, 7) is 5.26. The number of hydrogen-bond donors (Lipinski definition) is 2. The van der Waals surface area contributed by atoms with Crippen LogP contribution in [0.25, 0.3) is 0 Å². The van der Waals surface area contributed by atoms with Crippen molar-refractivity contribution in [3.05, 3.63) is 23.8 Å². The highest BCUT2D eigenvalue weighted by molar-refractivity contribution is 5.97. The molecule has 0 heterocycles. The van der Waals surface area contributed by atoms with Crippen molar-refractivity contribution in [3.63, 3.8) is 0 Å². The molecule has 1 rings (SSSR count). The number of nitrogens with one attached hydrogen (secondary N) is 1. The van der Waals surface area contributed by atoms with Crippen LogP contribution in [0, 0.1) is 5.41 Å². The van der Waals surface area contributed by atoms with Crippen LogP contribution in [-0.4, -0.2) is 38.4 Å². The van der Waals surface area contributed by atoms with Gasteiger partial charge in [-0.2, -0.15) is 0 Å². The first-order valence-electron chi connectivity index (χ1n) is 6.54. The van der Waals surface area contributed by atoms with Gasteiger partial charge >= 0.3 is 0 Å². The van der Waals surface area contributed by atoms with Crippen molar-refractivity contribution < 1.29 is 19.4 Å². The van der Waals surface area contributed by atoms with Gasteiger partial charge in [-0.25, -0.2) is 0 Å². The number of carbonyl (C=O) groups is 1. The van der Waals surface area contributed by atoms with Gasteiger partial charge in [0.25, 0.3) is 5.91 Å². The van der Waals surface area contributed by atoms with Crippen molar-refractivity contribution in [1.29, 1.82) is 0 Å². The first-order valence-corrected chi connectivity index (χ1v) is 6.54. The third-order valence-corrected chi connectivity index (χ3v) is 3.16. The van der Waals surface area contributed by atoms with E-state index in [1.165, 1.54) is 19.2 Å². The van der Waals surface area contributed by atoms with Crippen molar-refractivity contribution >= 4 is 5.91 Å². The number of methoxy groups -OCH3 is 2. The van der Waals surface area contributed by atoms with Gasteiger partial charge in [0.15, 0.2) is 0 Å². The number of benzene rings is 1. The van der Waals surface area contributed by atoms with Crippen LogP contribution >= 0.6 is 0 Å². The summed E-state index contributed by atoms with van der Waals surface area (Å²) < 4.78 is 10.1. The number of ether oxygens (including phenoxy) is 2. The van der Waals surface area contributed by atoms with E-state index in [1.807, 2.05) is 0 Å². The molecule has 0 saturated heterocycles. The molecule has 0 spiro atoms. The molecule has 20 heavy (non-hydrogen) atoms. The van der Waals surface area contributed by atoms with E-state index in [1.54, 1.807) is 13.2 Å². The second-order valence-corrected chi connectivity index (χ2v) is 5.47. The lowest BCUT2D eigenvalue weighted by molar-refractivity contribution is 0.0918. The summed E-state index contributed by atoms with van der Waals surface area (Å²) in [4.78, 5) is 12.1. The number of amides is 1. The zero-order valence-electron chi connectivity index (χ0n) is 12.5. The third-order valence-electron chi connectivity index (χ3n) is 3.16. The molecule has 0 radical (unpaired) electrons. The summed E-state index contributed by atoms with van der Waals surface area (Å²) >= 11 is 0. The van der Waals surface area contributed by atoms with Crippen LogP contribution in [0.15, 0.2) is 18.2 Å². The fraction of sp³-hybridized carbons (Fsp3) is 0.533. The highest BCUT2D eigenvalue weighted by Crippen LogP contribution is 2.23. The molecule has 0 aromatic heterocycles. The van der Waals surface area contributed by atoms with Crippen LogP contribution in [0.2, 0.25) is 0 Å². The van der Waals surface area contributed by atoms with Crippen molar-refractivity contribution in [2.24, 2.45) is 5.41 Å². The minimum absolute atomic E-state index is 0.0574. The molecule has 112 valence electrons. The molecule has 0 bridgehead atoms. The third kappa shape index (κ3) is 4.74. The average Bonchev–Trinajstić information content (AvgIpc) is 2.43. The van der Waals surface area contributed by atoms with Crippen LogP contribution in [0.3, 0.4) is 0 Å². The van der Waals surface area contributed by atoms with E-state index in [4.69, 9.17) is 9.47 Å². The van der Waals surface area contributed by atoms with E-state index < -0.39 is 0 Å². The molecule has 0 unspecified atom stereocenters. The van der Waals surface area contributed by atoms with Gasteiger partial charge in [-0.15, -0.1) is 0 Å². The number of rotatable bonds is 7. The van der Waals surface area contributed by atoms with Crippen LogP contribution in [0.4, 0.5) is 0 Å². The van der Waals surface area contributed by atoms with Crippen molar-refractivity contribution in [2.75, 3.05) is 27.4 Å². The minimum Gasteiger partial charge on any atom is -0.507 e. The minimum atomic E-state index is -0.313. The molecule has 2 N–H and O–H groups in total. The van der Waals surface area contributed by atoms with E-state index in [0.29, 0.717) is 18.9 Å². The van der Waals surface area contributed by atoms with Gasteiger partial charge < -0.3 is 19.9 Å². The highest BCUT2D eigenvalue weighted by atomic mass is 16.5. The van der Waals surface area contributed by atoms with E-state index >= 15 is 0 Å². The smallest absolute Gasteiger partial charge is 0.255 e. The maximum atomic E-state index is 12.1. The fourth-order valence-corrected chi connectivity index (χ4v) is 1.71. The van der Waals surface area contributed by atoms with Crippen LogP contribution in [0.5, 0.6) is 11.5 Å². The van der Waals surface area contributed by atoms with Crippen LogP contribution < -0.4 is 10.1 Å². The number of phenolic OH excluding ortho intramolecular Hbond substituents is 1.